The van der Waals surface area contributed by atoms with Gasteiger partial charge in [-0.15, -0.1) is 0 Å². The van der Waals surface area contributed by atoms with Crippen LogP contribution in [0.5, 0.6) is 0 Å². The van der Waals surface area contributed by atoms with Gasteiger partial charge in [-0.3, -0.25) is 4.90 Å². The zero-order valence-electron chi connectivity index (χ0n) is 7.75. The molecule has 0 saturated carbocycles. The van der Waals surface area contributed by atoms with Gasteiger partial charge in [-0.2, -0.15) is 0 Å². The molecule has 0 aliphatic carbocycles. The van der Waals surface area contributed by atoms with E-state index in [4.69, 9.17) is 0 Å². The second-order valence-corrected chi connectivity index (χ2v) is 4.27. The van der Waals surface area contributed by atoms with E-state index >= 15 is 0 Å². The third-order valence-corrected chi connectivity index (χ3v) is 3.22. The fourth-order valence-corrected chi connectivity index (χ4v) is 2.53. The highest BCUT2D eigenvalue weighted by Crippen LogP contribution is 2.30. The van der Waals surface area contributed by atoms with Crippen LogP contribution >= 0.6 is 0 Å². The van der Waals surface area contributed by atoms with E-state index in [2.05, 4.69) is 30.7 Å². The molecule has 2 saturated heterocycles. The van der Waals surface area contributed by atoms with E-state index in [9.17, 15) is 0 Å². The van der Waals surface area contributed by atoms with Crippen LogP contribution in [0.15, 0.2) is 0 Å². The molecule has 0 unspecified atom stereocenters. The topological polar surface area (TPSA) is 6.48 Å². The SMILES string of the molecule is CC(C)N1C[C@H]2C[C@@H]1CN2C. The van der Waals surface area contributed by atoms with Crippen molar-refractivity contribution in [1.29, 1.82) is 0 Å². The van der Waals surface area contributed by atoms with E-state index in [0.29, 0.717) is 0 Å². The number of rotatable bonds is 1. The van der Waals surface area contributed by atoms with Crippen LogP contribution in [0.1, 0.15) is 20.3 Å². The van der Waals surface area contributed by atoms with Gasteiger partial charge in [0, 0.05) is 31.2 Å². The van der Waals surface area contributed by atoms with Crippen molar-refractivity contribution < 1.29 is 0 Å². The smallest absolute Gasteiger partial charge is 0.0241 e. The molecule has 2 aliphatic rings. The predicted octanol–water partition coefficient (Wildman–Crippen LogP) is 0.783. The second kappa shape index (κ2) is 2.46. The Balaban J connectivity index is 2.02. The lowest BCUT2D eigenvalue weighted by molar-refractivity contribution is 0.121. The summed E-state index contributed by atoms with van der Waals surface area (Å²) < 4.78 is 0. The molecule has 0 amide bonds. The van der Waals surface area contributed by atoms with Crippen LogP contribution in [0.25, 0.3) is 0 Å². The lowest BCUT2D eigenvalue weighted by Crippen LogP contribution is -2.47. The molecule has 2 atom stereocenters. The molecule has 2 heteroatoms. The Morgan fingerprint density at radius 3 is 2.27 bits per heavy atom. The lowest BCUT2D eigenvalue weighted by Gasteiger charge is -2.34. The summed E-state index contributed by atoms with van der Waals surface area (Å²) in [6, 6.07) is 2.48. The number of likely N-dealkylation sites (tertiary alicyclic amines) is 2. The van der Waals surface area contributed by atoms with Gasteiger partial charge in [-0.05, 0) is 27.3 Å². The normalized spacial score (nSPS) is 39.3. The van der Waals surface area contributed by atoms with Crippen LogP contribution in [-0.4, -0.2) is 48.1 Å². The first-order valence-electron chi connectivity index (χ1n) is 4.64. The van der Waals surface area contributed by atoms with E-state index < -0.39 is 0 Å². The summed E-state index contributed by atoms with van der Waals surface area (Å²) in [5.41, 5.74) is 0. The van der Waals surface area contributed by atoms with Crippen LogP contribution in [-0.2, 0) is 0 Å². The van der Waals surface area contributed by atoms with Crippen molar-refractivity contribution in [3.05, 3.63) is 0 Å². The zero-order valence-corrected chi connectivity index (χ0v) is 7.75. The van der Waals surface area contributed by atoms with Gasteiger partial charge in [0.15, 0.2) is 0 Å². The molecule has 0 spiro atoms. The van der Waals surface area contributed by atoms with Crippen LogP contribution in [0.3, 0.4) is 0 Å². The first-order valence-corrected chi connectivity index (χ1v) is 4.64. The molecule has 2 rings (SSSR count). The molecule has 2 fully saturated rings. The summed E-state index contributed by atoms with van der Waals surface area (Å²) in [5, 5.41) is 0. The number of hydrogen-bond acceptors (Lipinski definition) is 2. The number of piperazine rings is 1. The van der Waals surface area contributed by atoms with Crippen LogP contribution in [0.4, 0.5) is 0 Å². The highest BCUT2D eigenvalue weighted by Gasteiger charge is 2.41. The molecule has 2 heterocycles. The van der Waals surface area contributed by atoms with Crippen LogP contribution in [0, 0.1) is 0 Å². The molecular formula is C9H18N2. The van der Waals surface area contributed by atoms with Gasteiger partial charge in [0.05, 0.1) is 0 Å². The summed E-state index contributed by atoms with van der Waals surface area (Å²) in [4.78, 5) is 5.15. The van der Waals surface area contributed by atoms with Gasteiger partial charge in [0.2, 0.25) is 0 Å². The van der Waals surface area contributed by atoms with Crippen molar-refractivity contribution in [3.63, 3.8) is 0 Å². The van der Waals surface area contributed by atoms with Gasteiger partial charge < -0.3 is 4.90 Å². The van der Waals surface area contributed by atoms with Crippen LogP contribution < -0.4 is 0 Å². The van der Waals surface area contributed by atoms with Gasteiger partial charge in [0.25, 0.3) is 0 Å². The maximum Gasteiger partial charge on any atom is 0.0241 e. The molecule has 11 heavy (non-hydrogen) atoms. The summed E-state index contributed by atoms with van der Waals surface area (Å²) in [7, 11) is 2.25. The fourth-order valence-electron chi connectivity index (χ4n) is 2.53. The van der Waals surface area contributed by atoms with E-state index in [1.807, 2.05) is 0 Å². The summed E-state index contributed by atoms with van der Waals surface area (Å²) in [6.45, 7) is 7.21. The van der Waals surface area contributed by atoms with Crippen molar-refractivity contribution >= 4 is 0 Å². The Morgan fingerprint density at radius 1 is 1.18 bits per heavy atom. The van der Waals surface area contributed by atoms with Crippen LogP contribution in [0.2, 0.25) is 0 Å². The molecule has 2 bridgehead atoms. The lowest BCUT2D eigenvalue weighted by atomic mass is 10.2. The third-order valence-electron chi connectivity index (χ3n) is 3.22. The maximum absolute atomic E-state index is 2.64. The van der Waals surface area contributed by atoms with Gasteiger partial charge in [-0.25, -0.2) is 0 Å². The largest absolute Gasteiger partial charge is 0.301 e. The van der Waals surface area contributed by atoms with E-state index in [-0.39, 0.29) is 0 Å². The molecule has 2 aliphatic heterocycles. The van der Waals surface area contributed by atoms with Crippen molar-refractivity contribution in [2.45, 2.75) is 38.4 Å². The van der Waals surface area contributed by atoms with Gasteiger partial charge in [-0.1, -0.05) is 0 Å². The van der Waals surface area contributed by atoms with Crippen molar-refractivity contribution in [3.8, 4) is 0 Å². The molecule has 0 aromatic rings. The Morgan fingerprint density at radius 2 is 1.91 bits per heavy atom. The van der Waals surface area contributed by atoms with Crippen molar-refractivity contribution in [1.82, 2.24) is 9.80 Å². The highest BCUT2D eigenvalue weighted by molar-refractivity contribution is 4.99. The number of nitrogens with zero attached hydrogens (tertiary/aromatic N) is 2. The van der Waals surface area contributed by atoms with E-state index in [0.717, 1.165) is 18.1 Å². The van der Waals surface area contributed by atoms with E-state index in [1.165, 1.54) is 19.5 Å². The van der Waals surface area contributed by atoms with Gasteiger partial charge in [0.1, 0.15) is 0 Å². The average Bonchev–Trinajstić information content (AvgIpc) is 2.43. The first kappa shape index (κ1) is 7.56. The maximum atomic E-state index is 2.64. The number of hydrogen-bond donors (Lipinski definition) is 0. The molecule has 2 nitrogen and oxygen atoms in total. The van der Waals surface area contributed by atoms with Crippen molar-refractivity contribution in [2.75, 3.05) is 20.1 Å². The quantitative estimate of drug-likeness (QED) is 0.551. The molecule has 0 radical (unpaired) electrons. The number of likely N-dealkylation sites (N-methyl/N-ethyl adjacent to an activating group) is 1. The minimum absolute atomic E-state index is 0.749. The Labute approximate surface area is 69.2 Å². The molecule has 0 aromatic carbocycles. The second-order valence-electron chi connectivity index (χ2n) is 4.27. The Kier molecular flexibility index (Phi) is 1.69. The molecular weight excluding hydrogens is 136 g/mol. The van der Waals surface area contributed by atoms with Crippen molar-refractivity contribution in [2.24, 2.45) is 0 Å². The fraction of sp³-hybridized carbons (Fsp3) is 1.00. The first-order chi connectivity index (χ1) is 5.18. The summed E-state index contributed by atoms with van der Waals surface area (Å²) >= 11 is 0. The van der Waals surface area contributed by atoms with Gasteiger partial charge >= 0.3 is 0 Å². The molecule has 64 valence electrons. The third kappa shape index (κ3) is 1.09. The minimum Gasteiger partial charge on any atom is -0.301 e. The number of fused-ring (bicyclic) bond motifs is 2. The standard InChI is InChI=1S/C9H18N2/c1-7(2)11-6-8-4-9(11)5-10(8)3/h7-9H,4-6H2,1-3H3/t8-,9-/m1/s1. The summed E-state index contributed by atoms with van der Waals surface area (Å²) in [6.07, 6.45) is 1.41. The predicted molar refractivity (Wildman–Crippen MR) is 46.7 cm³/mol. The molecule has 0 N–H and O–H groups in total. The Hall–Kier alpha value is -0.0800. The molecule has 0 aromatic heterocycles. The van der Waals surface area contributed by atoms with E-state index in [1.54, 1.807) is 0 Å². The Bertz CT molecular complexity index is 154. The summed E-state index contributed by atoms with van der Waals surface area (Å²) in [5.74, 6) is 0. The average molecular weight is 154 g/mol. The highest BCUT2D eigenvalue weighted by atomic mass is 15.3. The minimum atomic E-state index is 0.749. The monoisotopic (exact) mass is 154 g/mol. The zero-order chi connectivity index (χ0) is 8.01.